The van der Waals surface area contributed by atoms with Crippen LogP contribution < -0.4 is 0 Å². The van der Waals surface area contributed by atoms with Gasteiger partial charge in [-0.05, 0) is 6.42 Å². The molecule has 1 amide bonds. The zero-order valence-electron chi connectivity index (χ0n) is 8.13. The van der Waals surface area contributed by atoms with Gasteiger partial charge in [-0.15, -0.1) is 0 Å². The Kier molecular flexibility index (Phi) is 3.68. The average Bonchev–Trinajstić information content (AvgIpc) is 2.56. The number of likely N-dealkylation sites (tertiary alicyclic amines) is 1. The van der Waals surface area contributed by atoms with Crippen molar-refractivity contribution in [2.45, 2.75) is 18.6 Å². The fraction of sp³-hybridized carbons (Fsp3) is 0.556. The first-order chi connectivity index (χ1) is 7.07. The number of aliphatic carboxylic acids is 1. The van der Waals surface area contributed by atoms with Crippen molar-refractivity contribution >= 4 is 12.1 Å². The van der Waals surface area contributed by atoms with E-state index >= 15 is 0 Å². The van der Waals surface area contributed by atoms with Crippen LogP contribution in [0.25, 0.3) is 0 Å². The summed E-state index contributed by atoms with van der Waals surface area (Å²) in [4.78, 5) is 23.1. The third-order valence-electron chi connectivity index (χ3n) is 2.18. The number of amides is 1. The number of aliphatic hydroxyl groups is 1. The van der Waals surface area contributed by atoms with Gasteiger partial charge in [-0.25, -0.2) is 9.59 Å². The monoisotopic (exact) mass is 215 g/mol. The molecule has 0 unspecified atom stereocenters. The summed E-state index contributed by atoms with van der Waals surface area (Å²) >= 11 is 0. The van der Waals surface area contributed by atoms with Gasteiger partial charge in [0.1, 0.15) is 6.61 Å². The molecule has 1 saturated heterocycles. The van der Waals surface area contributed by atoms with Gasteiger partial charge in [-0.1, -0.05) is 12.7 Å². The van der Waals surface area contributed by atoms with Crippen LogP contribution in [0.1, 0.15) is 6.42 Å². The van der Waals surface area contributed by atoms with E-state index in [4.69, 9.17) is 9.84 Å². The molecule has 2 atom stereocenters. The Bertz CT molecular complexity index is 278. The van der Waals surface area contributed by atoms with Crippen molar-refractivity contribution in [3.8, 4) is 0 Å². The van der Waals surface area contributed by atoms with Gasteiger partial charge in [-0.2, -0.15) is 0 Å². The van der Waals surface area contributed by atoms with Crippen molar-refractivity contribution in [3.63, 3.8) is 0 Å². The molecular weight excluding hydrogens is 202 g/mol. The zero-order chi connectivity index (χ0) is 11.4. The molecule has 1 rings (SSSR count). The van der Waals surface area contributed by atoms with E-state index in [1.165, 1.54) is 6.08 Å². The van der Waals surface area contributed by atoms with Gasteiger partial charge in [0.2, 0.25) is 0 Å². The van der Waals surface area contributed by atoms with Crippen LogP contribution in [0.15, 0.2) is 12.7 Å². The number of ether oxygens (including phenoxy) is 1. The molecule has 6 nitrogen and oxygen atoms in total. The molecule has 1 aliphatic heterocycles. The molecule has 6 heteroatoms. The molecule has 0 radical (unpaired) electrons. The number of rotatable bonds is 3. The Morgan fingerprint density at radius 3 is 2.80 bits per heavy atom. The van der Waals surface area contributed by atoms with Gasteiger partial charge in [0.05, 0.1) is 6.10 Å². The molecule has 0 saturated carbocycles. The van der Waals surface area contributed by atoms with Crippen molar-refractivity contribution in [1.29, 1.82) is 0 Å². The van der Waals surface area contributed by atoms with Gasteiger partial charge >= 0.3 is 12.1 Å². The highest BCUT2D eigenvalue weighted by Crippen LogP contribution is 2.19. The number of carbonyl (C=O) groups excluding carboxylic acids is 1. The van der Waals surface area contributed by atoms with Gasteiger partial charge in [0.25, 0.3) is 0 Å². The third kappa shape index (κ3) is 2.47. The van der Waals surface area contributed by atoms with E-state index < -0.39 is 24.2 Å². The summed E-state index contributed by atoms with van der Waals surface area (Å²) in [5, 5.41) is 18.2. The second-order valence-corrected chi connectivity index (χ2v) is 3.20. The number of hydrogen-bond acceptors (Lipinski definition) is 4. The van der Waals surface area contributed by atoms with Crippen LogP contribution in [-0.4, -0.2) is 52.5 Å². The highest BCUT2D eigenvalue weighted by molar-refractivity contribution is 5.81. The highest BCUT2D eigenvalue weighted by Gasteiger charge is 2.41. The van der Waals surface area contributed by atoms with Crippen LogP contribution in [0.2, 0.25) is 0 Å². The Hall–Kier alpha value is -1.56. The van der Waals surface area contributed by atoms with Crippen LogP contribution >= 0.6 is 0 Å². The summed E-state index contributed by atoms with van der Waals surface area (Å²) in [5.74, 6) is -1.23. The number of hydrogen-bond donors (Lipinski definition) is 2. The zero-order valence-corrected chi connectivity index (χ0v) is 8.13. The molecule has 1 fully saturated rings. The lowest BCUT2D eigenvalue weighted by atomic mass is 10.2. The number of nitrogens with zero attached hydrogens (tertiary/aromatic N) is 1. The van der Waals surface area contributed by atoms with Crippen LogP contribution in [-0.2, 0) is 9.53 Å². The lowest BCUT2D eigenvalue weighted by Gasteiger charge is -2.21. The minimum absolute atomic E-state index is 0.0256. The third-order valence-corrected chi connectivity index (χ3v) is 2.18. The molecular formula is C9H13NO5. The standard InChI is InChI=1S/C9H13NO5/c1-2-5-15-9(14)10-4-3-6(11)7(10)8(12)13/h2,6-7,11H,1,3-5H2,(H,12,13)/t6-,7+/m1/s1. The fourth-order valence-electron chi connectivity index (χ4n) is 1.49. The van der Waals surface area contributed by atoms with Gasteiger partial charge in [-0.3, -0.25) is 4.90 Å². The number of aliphatic hydroxyl groups excluding tert-OH is 1. The minimum Gasteiger partial charge on any atom is -0.480 e. The van der Waals surface area contributed by atoms with Gasteiger partial charge in [0.15, 0.2) is 6.04 Å². The van der Waals surface area contributed by atoms with Crippen molar-refractivity contribution in [3.05, 3.63) is 12.7 Å². The summed E-state index contributed by atoms with van der Waals surface area (Å²) in [6.07, 6.45) is -0.127. The van der Waals surface area contributed by atoms with E-state index in [1.54, 1.807) is 0 Å². The van der Waals surface area contributed by atoms with Crippen LogP contribution in [0.5, 0.6) is 0 Å². The predicted octanol–water partition coefficient (Wildman–Crippen LogP) is -0.171. The van der Waals surface area contributed by atoms with E-state index in [0.29, 0.717) is 0 Å². The lowest BCUT2D eigenvalue weighted by Crippen LogP contribution is -2.45. The molecule has 0 aromatic heterocycles. The lowest BCUT2D eigenvalue weighted by molar-refractivity contribution is -0.144. The number of carbonyl (C=O) groups is 2. The summed E-state index contributed by atoms with van der Waals surface area (Å²) < 4.78 is 4.70. The van der Waals surface area contributed by atoms with E-state index in [2.05, 4.69) is 6.58 Å². The maximum atomic E-state index is 11.3. The molecule has 0 aliphatic carbocycles. The molecule has 0 aromatic rings. The second kappa shape index (κ2) is 4.79. The normalized spacial score (nSPS) is 25.0. The first-order valence-electron chi connectivity index (χ1n) is 4.53. The molecule has 0 aromatic carbocycles. The summed E-state index contributed by atoms with van der Waals surface area (Å²) in [5.41, 5.74) is 0. The quantitative estimate of drug-likeness (QED) is 0.638. The van der Waals surface area contributed by atoms with Crippen molar-refractivity contribution in [2.75, 3.05) is 13.2 Å². The van der Waals surface area contributed by atoms with Crippen LogP contribution in [0, 0.1) is 0 Å². The Morgan fingerprint density at radius 2 is 2.27 bits per heavy atom. The van der Waals surface area contributed by atoms with Crippen LogP contribution in [0.4, 0.5) is 4.79 Å². The number of carboxylic acids is 1. The maximum absolute atomic E-state index is 11.3. The Labute approximate surface area is 86.7 Å². The van der Waals surface area contributed by atoms with Crippen LogP contribution in [0.3, 0.4) is 0 Å². The smallest absolute Gasteiger partial charge is 0.410 e. The van der Waals surface area contributed by atoms with Gasteiger partial charge < -0.3 is 14.9 Å². The topological polar surface area (TPSA) is 87.1 Å². The van der Waals surface area contributed by atoms with Crippen molar-refractivity contribution in [2.24, 2.45) is 0 Å². The largest absolute Gasteiger partial charge is 0.480 e. The van der Waals surface area contributed by atoms with Crippen molar-refractivity contribution in [1.82, 2.24) is 4.90 Å². The van der Waals surface area contributed by atoms with E-state index in [-0.39, 0.29) is 19.6 Å². The van der Waals surface area contributed by atoms with E-state index in [9.17, 15) is 14.7 Å². The maximum Gasteiger partial charge on any atom is 0.410 e. The second-order valence-electron chi connectivity index (χ2n) is 3.20. The molecule has 0 bridgehead atoms. The first-order valence-corrected chi connectivity index (χ1v) is 4.53. The van der Waals surface area contributed by atoms with E-state index in [0.717, 1.165) is 4.90 Å². The molecule has 2 N–H and O–H groups in total. The fourth-order valence-corrected chi connectivity index (χ4v) is 1.49. The Balaban J connectivity index is 2.64. The van der Waals surface area contributed by atoms with Gasteiger partial charge in [0, 0.05) is 6.54 Å². The summed E-state index contributed by atoms with van der Waals surface area (Å²) in [6, 6.07) is -1.21. The average molecular weight is 215 g/mol. The summed E-state index contributed by atoms with van der Waals surface area (Å²) in [6.45, 7) is 3.58. The predicted molar refractivity (Wildman–Crippen MR) is 50.3 cm³/mol. The summed E-state index contributed by atoms with van der Waals surface area (Å²) in [7, 11) is 0. The molecule has 1 heterocycles. The molecule has 15 heavy (non-hydrogen) atoms. The number of carboxylic acid groups (broad SMARTS) is 1. The van der Waals surface area contributed by atoms with E-state index in [1.807, 2.05) is 0 Å². The molecule has 1 aliphatic rings. The molecule has 0 spiro atoms. The highest BCUT2D eigenvalue weighted by atomic mass is 16.6. The van der Waals surface area contributed by atoms with Crippen molar-refractivity contribution < 1.29 is 24.5 Å². The first kappa shape index (κ1) is 11.5. The Morgan fingerprint density at radius 1 is 1.60 bits per heavy atom. The molecule has 84 valence electrons. The minimum atomic E-state index is -1.23. The SMILES string of the molecule is C=CCOC(=O)N1CC[C@@H](O)[C@H]1C(=O)O.